The molecule has 3 aromatic carbocycles. The number of anilines is 1. The SMILES string of the molecule is CN1C(=O)C(NC(=S)NCCc2cccc(Cl)c2)N=C(c2ccccc2)c2cc(Cl)ccc21. The topological polar surface area (TPSA) is 56.7 Å². The smallest absolute Gasteiger partial charge is 0.272 e. The van der Waals surface area contributed by atoms with E-state index in [1.54, 1.807) is 18.0 Å². The van der Waals surface area contributed by atoms with E-state index in [9.17, 15) is 4.79 Å². The van der Waals surface area contributed by atoms with Crippen molar-refractivity contribution in [2.75, 3.05) is 18.5 Å². The van der Waals surface area contributed by atoms with E-state index in [0.717, 1.165) is 28.8 Å². The fraction of sp³-hybridized carbons (Fsp3) is 0.160. The van der Waals surface area contributed by atoms with Gasteiger partial charge in [0.05, 0.1) is 11.4 Å². The Morgan fingerprint density at radius 3 is 2.55 bits per heavy atom. The highest BCUT2D eigenvalue weighted by Gasteiger charge is 2.30. The van der Waals surface area contributed by atoms with E-state index in [-0.39, 0.29) is 5.91 Å². The van der Waals surface area contributed by atoms with Crippen LogP contribution in [0.1, 0.15) is 16.7 Å². The number of benzodiazepines with no additional fused rings is 1. The van der Waals surface area contributed by atoms with E-state index in [1.165, 1.54) is 0 Å². The molecule has 0 aromatic heterocycles. The van der Waals surface area contributed by atoms with Crippen LogP contribution in [0.15, 0.2) is 77.8 Å². The lowest BCUT2D eigenvalue weighted by atomic mass is 10.0. The van der Waals surface area contributed by atoms with Crippen LogP contribution in [0.5, 0.6) is 0 Å². The normalized spacial score (nSPS) is 15.4. The fourth-order valence-corrected chi connectivity index (χ4v) is 4.25. The zero-order chi connectivity index (χ0) is 23.4. The second-order valence-electron chi connectivity index (χ2n) is 7.59. The number of thiocarbonyl (C=S) groups is 1. The number of fused-ring (bicyclic) bond motifs is 1. The molecule has 0 spiro atoms. The van der Waals surface area contributed by atoms with Gasteiger partial charge in [0.1, 0.15) is 0 Å². The third-order valence-corrected chi connectivity index (χ3v) is 6.03. The van der Waals surface area contributed by atoms with E-state index in [1.807, 2.05) is 66.7 Å². The minimum absolute atomic E-state index is 0.219. The molecule has 0 bridgehead atoms. The van der Waals surface area contributed by atoms with Crippen molar-refractivity contribution in [2.45, 2.75) is 12.6 Å². The van der Waals surface area contributed by atoms with Gasteiger partial charge < -0.3 is 15.5 Å². The Kier molecular flexibility index (Phi) is 7.28. The zero-order valence-corrected chi connectivity index (χ0v) is 20.2. The minimum atomic E-state index is -0.887. The minimum Gasteiger partial charge on any atom is -0.362 e. The Hall–Kier alpha value is -2.93. The number of halogens is 2. The van der Waals surface area contributed by atoms with E-state index >= 15 is 0 Å². The molecular weight excluding hydrogens is 475 g/mol. The molecule has 0 radical (unpaired) electrons. The van der Waals surface area contributed by atoms with Gasteiger partial charge in [-0.05, 0) is 54.5 Å². The monoisotopic (exact) mass is 496 g/mol. The van der Waals surface area contributed by atoms with Crippen molar-refractivity contribution < 1.29 is 4.79 Å². The number of benzene rings is 3. The van der Waals surface area contributed by atoms with Crippen molar-refractivity contribution in [2.24, 2.45) is 4.99 Å². The average molecular weight is 497 g/mol. The summed E-state index contributed by atoms with van der Waals surface area (Å²) < 4.78 is 0. The summed E-state index contributed by atoms with van der Waals surface area (Å²) in [6, 6.07) is 22.8. The van der Waals surface area contributed by atoms with Crippen LogP contribution in [0.2, 0.25) is 10.0 Å². The predicted octanol–water partition coefficient (Wildman–Crippen LogP) is 4.84. The molecule has 0 saturated carbocycles. The van der Waals surface area contributed by atoms with Crippen LogP contribution in [0.25, 0.3) is 0 Å². The third-order valence-electron chi connectivity index (χ3n) is 5.30. The number of hydrogen-bond acceptors (Lipinski definition) is 3. The summed E-state index contributed by atoms with van der Waals surface area (Å²) >= 11 is 17.8. The van der Waals surface area contributed by atoms with Crippen molar-refractivity contribution in [3.05, 3.63) is 99.5 Å². The number of amides is 1. The molecule has 5 nitrogen and oxygen atoms in total. The average Bonchev–Trinajstić information content (AvgIpc) is 2.90. The molecule has 0 saturated heterocycles. The summed E-state index contributed by atoms with van der Waals surface area (Å²) in [6.45, 7) is 0.591. The highest BCUT2D eigenvalue weighted by Crippen LogP contribution is 2.29. The fourth-order valence-electron chi connectivity index (χ4n) is 3.65. The van der Waals surface area contributed by atoms with Crippen molar-refractivity contribution in [3.8, 4) is 0 Å². The van der Waals surface area contributed by atoms with Gasteiger partial charge in [-0.3, -0.25) is 4.79 Å². The molecule has 4 rings (SSSR count). The van der Waals surface area contributed by atoms with Crippen LogP contribution in [-0.4, -0.2) is 36.5 Å². The maximum atomic E-state index is 13.3. The quantitative estimate of drug-likeness (QED) is 0.496. The van der Waals surface area contributed by atoms with E-state index in [4.69, 9.17) is 40.4 Å². The second kappa shape index (κ2) is 10.3. The lowest BCUT2D eigenvalue weighted by molar-refractivity contribution is -0.119. The molecule has 1 atom stereocenters. The van der Waals surface area contributed by atoms with Crippen LogP contribution in [0, 0.1) is 0 Å². The Morgan fingerprint density at radius 1 is 1.03 bits per heavy atom. The first-order valence-corrected chi connectivity index (χ1v) is 11.6. The zero-order valence-electron chi connectivity index (χ0n) is 17.9. The molecule has 1 aliphatic heterocycles. The summed E-state index contributed by atoms with van der Waals surface area (Å²) in [4.78, 5) is 19.6. The van der Waals surface area contributed by atoms with Crippen molar-refractivity contribution in [3.63, 3.8) is 0 Å². The van der Waals surface area contributed by atoms with Gasteiger partial charge in [0.15, 0.2) is 5.11 Å². The van der Waals surface area contributed by atoms with Gasteiger partial charge in [-0.15, -0.1) is 0 Å². The van der Waals surface area contributed by atoms with Gasteiger partial charge in [-0.2, -0.15) is 0 Å². The number of carbonyl (C=O) groups excluding carboxylic acids is 1. The highest BCUT2D eigenvalue weighted by atomic mass is 35.5. The number of hydrogen-bond donors (Lipinski definition) is 2. The van der Waals surface area contributed by atoms with Crippen molar-refractivity contribution in [1.29, 1.82) is 0 Å². The number of likely N-dealkylation sites (N-methyl/N-ethyl adjacent to an activating group) is 1. The Bertz CT molecular complexity index is 1220. The molecular formula is C25H22Cl2N4OS. The van der Waals surface area contributed by atoms with Crippen LogP contribution in [0.3, 0.4) is 0 Å². The third kappa shape index (κ3) is 5.53. The maximum Gasteiger partial charge on any atom is 0.272 e. The van der Waals surface area contributed by atoms with E-state index in [2.05, 4.69) is 10.6 Å². The molecule has 1 unspecified atom stereocenters. The number of nitrogens with zero attached hydrogens (tertiary/aromatic N) is 2. The first-order chi connectivity index (χ1) is 15.9. The molecule has 0 aliphatic carbocycles. The summed E-state index contributed by atoms with van der Waals surface area (Å²) in [7, 11) is 1.73. The van der Waals surface area contributed by atoms with Crippen LogP contribution in [0.4, 0.5) is 5.69 Å². The van der Waals surface area contributed by atoms with Crippen LogP contribution in [-0.2, 0) is 11.2 Å². The summed E-state index contributed by atoms with van der Waals surface area (Å²) in [5.74, 6) is -0.219. The van der Waals surface area contributed by atoms with Gasteiger partial charge in [-0.1, -0.05) is 65.7 Å². The number of rotatable bonds is 5. The number of carbonyl (C=O) groups is 1. The van der Waals surface area contributed by atoms with Crippen molar-refractivity contribution >= 4 is 57.8 Å². The van der Waals surface area contributed by atoms with Crippen LogP contribution >= 0.6 is 35.4 Å². The maximum absolute atomic E-state index is 13.3. The molecule has 3 aromatic rings. The molecule has 2 N–H and O–H groups in total. The van der Waals surface area contributed by atoms with E-state index in [0.29, 0.717) is 27.4 Å². The highest BCUT2D eigenvalue weighted by molar-refractivity contribution is 7.80. The molecule has 8 heteroatoms. The number of aliphatic imine (C=N–C) groups is 1. The Labute approximate surface area is 208 Å². The largest absolute Gasteiger partial charge is 0.362 e. The van der Waals surface area contributed by atoms with Gasteiger partial charge in [0.25, 0.3) is 5.91 Å². The molecule has 0 fully saturated rings. The molecule has 168 valence electrons. The molecule has 1 aliphatic rings. The van der Waals surface area contributed by atoms with Gasteiger partial charge >= 0.3 is 0 Å². The summed E-state index contributed by atoms with van der Waals surface area (Å²) in [6.07, 6.45) is -0.147. The Balaban J connectivity index is 1.56. The predicted molar refractivity (Wildman–Crippen MR) is 140 cm³/mol. The van der Waals surface area contributed by atoms with Crippen LogP contribution < -0.4 is 15.5 Å². The van der Waals surface area contributed by atoms with Crippen molar-refractivity contribution in [1.82, 2.24) is 10.6 Å². The Morgan fingerprint density at radius 2 is 1.79 bits per heavy atom. The lowest BCUT2D eigenvalue weighted by Crippen LogP contribution is -2.49. The number of nitrogens with one attached hydrogen (secondary N) is 2. The summed E-state index contributed by atoms with van der Waals surface area (Å²) in [5, 5.41) is 7.84. The molecule has 1 heterocycles. The first kappa shape index (κ1) is 23.2. The van der Waals surface area contributed by atoms with Gasteiger partial charge in [-0.25, -0.2) is 4.99 Å². The van der Waals surface area contributed by atoms with E-state index < -0.39 is 6.17 Å². The standard InChI is InChI=1S/C25H22Cl2N4OS/c1-31-21-11-10-19(27)15-20(21)22(17-7-3-2-4-8-17)29-23(24(31)32)30-25(33)28-13-12-16-6-5-9-18(26)14-16/h2-11,14-15,23H,12-13H2,1H3,(H2,28,30,33). The first-order valence-electron chi connectivity index (χ1n) is 10.4. The summed E-state index contributed by atoms with van der Waals surface area (Å²) in [5.41, 5.74) is 4.17. The molecule has 33 heavy (non-hydrogen) atoms. The molecule has 1 amide bonds. The lowest BCUT2D eigenvalue weighted by Gasteiger charge is -2.22. The second-order valence-corrected chi connectivity index (χ2v) is 8.87. The van der Waals surface area contributed by atoms with Gasteiger partial charge in [0.2, 0.25) is 6.17 Å². The van der Waals surface area contributed by atoms with Gasteiger partial charge in [0, 0.05) is 34.8 Å².